The van der Waals surface area contributed by atoms with Crippen molar-refractivity contribution < 1.29 is 44.2 Å². The number of benzene rings is 4. The van der Waals surface area contributed by atoms with Gasteiger partial charge >= 0.3 is 262 Å². The van der Waals surface area contributed by atoms with Crippen molar-refractivity contribution in [2.75, 3.05) is 0 Å². The number of halogens is 8. The summed E-state index contributed by atoms with van der Waals surface area (Å²) in [5, 5.41) is 2.58. The standard InChI is InChI=1S/C21H17F6.C12H9Si.2ClH.Zr/c1-3-4-13-7-14-6-5-12(2)19(18(14)8-13)15-9-16(20(22,23)24)11-17(10-15)21(25,26)27;1-3-7-11-9(5-1)10-6-2-4-8-12(10)13-11;;;/h5-11H,3-4H2,1-2H3;1-7H,13H2;2*1H;/q;;;;+2/p-2. The Kier molecular flexibility index (Phi) is 7.93. The van der Waals surface area contributed by atoms with Crippen LogP contribution < -0.4 is 13.6 Å². The van der Waals surface area contributed by atoms with Crippen LogP contribution in [-0.4, -0.2) is 9.52 Å². The van der Waals surface area contributed by atoms with Gasteiger partial charge in [0.1, 0.15) is 0 Å². The van der Waals surface area contributed by atoms with E-state index in [0.717, 1.165) is 38.5 Å². The van der Waals surface area contributed by atoms with Crippen molar-refractivity contribution in [3.63, 3.8) is 0 Å². The third-order valence-electron chi connectivity index (χ3n) is 8.49. The van der Waals surface area contributed by atoms with E-state index in [1.807, 2.05) is 43.3 Å². The molecule has 222 valence electrons. The molecule has 0 fully saturated rings. The Hall–Kier alpha value is -2.12. The predicted molar refractivity (Wildman–Crippen MR) is 163 cm³/mol. The average Bonchev–Trinajstić information content (AvgIpc) is 3.50. The van der Waals surface area contributed by atoms with Crippen molar-refractivity contribution in [1.29, 1.82) is 0 Å². The molecule has 1 aliphatic carbocycles. The van der Waals surface area contributed by atoms with Crippen LogP contribution in [0, 0.1) is 6.92 Å². The number of hydrogen-bond acceptors (Lipinski definition) is 0. The second-order valence-electron chi connectivity index (χ2n) is 11.2. The van der Waals surface area contributed by atoms with E-state index in [1.165, 1.54) is 15.9 Å². The quantitative estimate of drug-likeness (QED) is 0.126. The van der Waals surface area contributed by atoms with Crippen LogP contribution >= 0.6 is 17.0 Å². The maximum absolute atomic E-state index is 13.8. The Morgan fingerprint density at radius 1 is 0.814 bits per heavy atom. The molecule has 1 unspecified atom stereocenters. The van der Waals surface area contributed by atoms with E-state index in [9.17, 15) is 26.3 Å². The molecule has 0 aromatic heterocycles. The Morgan fingerprint density at radius 2 is 1.47 bits per heavy atom. The van der Waals surface area contributed by atoms with Gasteiger partial charge in [0.05, 0.1) is 0 Å². The molecule has 1 atom stereocenters. The van der Waals surface area contributed by atoms with Crippen LogP contribution in [0.5, 0.6) is 0 Å². The van der Waals surface area contributed by atoms with Crippen molar-refractivity contribution in [3.8, 4) is 22.3 Å². The molecule has 0 bridgehead atoms. The number of allylic oxidation sites excluding steroid dienone is 1. The van der Waals surface area contributed by atoms with Crippen LogP contribution in [0.15, 0.2) is 78.4 Å². The molecule has 0 N–H and O–H groups in total. The molecule has 6 rings (SSSR count). The van der Waals surface area contributed by atoms with Crippen molar-refractivity contribution in [1.82, 2.24) is 0 Å². The van der Waals surface area contributed by atoms with Crippen LogP contribution in [0.4, 0.5) is 26.3 Å². The zero-order valence-electron chi connectivity index (χ0n) is 23.2. The summed E-state index contributed by atoms with van der Waals surface area (Å²) in [5.74, 6) is 0. The number of aryl methyl sites for hydroxylation is 1. The van der Waals surface area contributed by atoms with Crippen LogP contribution in [0.3, 0.4) is 0 Å². The first-order valence-electron chi connectivity index (χ1n) is 13.9. The number of alkyl halides is 6. The Morgan fingerprint density at radius 3 is 2.12 bits per heavy atom. The van der Waals surface area contributed by atoms with Crippen LogP contribution in [0.2, 0.25) is 0 Å². The number of hydrogen-bond donors (Lipinski definition) is 0. The van der Waals surface area contributed by atoms with Crippen LogP contribution in [-0.2, 0) is 30.2 Å². The predicted octanol–water partition coefficient (Wildman–Crippen LogP) is 8.82. The first-order chi connectivity index (χ1) is 20.2. The maximum atomic E-state index is 13.8. The first kappa shape index (κ1) is 30.9. The molecule has 4 aromatic rings. The van der Waals surface area contributed by atoms with E-state index in [2.05, 4.69) is 18.2 Å². The number of rotatable bonds is 5. The second-order valence-corrected chi connectivity index (χ2v) is 27.1. The van der Waals surface area contributed by atoms with Crippen molar-refractivity contribution in [2.24, 2.45) is 0 Å². The second kappa shape index (κ2) is 11.0. The molecule has 1 aliphatic heterocycles. The first-order valence-corrected chi connectivity index (χ1v) is 24.3. The Labute approximate surface area is 260 Å². The fourth-order valence-corrected chi connectivity index (χ4v) is 23.5. The van der Waals surface area contributed by atoms with E-state index in [0.29, 0.717) is 23.1 Å². The molecule has 2 aliphatic rings. The molecule has 1 heterocycles. The summed E-state index contributed by atoms with van der Waals surface area (Å²) in [6, 6.07) is 19.9. The molecule has 0 spiro atoms. The minimum atomic E-state index is -4.94. The summed E-state index contributed by atoms with van der Waals surface area (Å²) in [7, 11) is 14.4. The average molecular weight is 727 g/mol. The van der Waals surface area contributed by atoms with E-state index in [1.54, 1.807) is 13.0 Å². The van der Waals surface area contributed by atoms with Gasteiger partial charge in [0.2, 0.25) is 0 Å². The van der Waals surface area contributed by atoms with Gasteiger partial charge in [-0.3, -0.25) is 0 Å². The van der Waals surface area contributed by atoms with Crippen LogP contribution in [0.25, 0.3) is 28.3 Å². The van der Waals surface area contributed by atoms with Crippen molar-refractivity contribution in [2.45, 2.75) is 42.7 Å². The summed E-state index contributed by atoms with van der Waals surface area (Å²) < 4.78 is 83.5. The summed E-state index contributed by atoms with van der Waals surface area (Å²) in [6.45, 7) is 3.73. The zero-order chi connectivity index (χ0) is 30.9. The van der Waals surface area contributed by atoms with Gasteiger partial charge in [-0.2, -0.15) is 0 Å². The molecule has 0 amide bonds. The van der Waals surface area contributed by atoms with Crippen molar-refractivity contribution in [3.05, 3.63) is 106 Å². The van der Waals surface area contributed by atoms with Gasteiger partial charge in [0.15, 0.2) is 0 Å². The van der Waals surface area contributed by atoms with Gasteiger partial charge in [0, 0.05) is 0 Å². The Bertz CT molecular complexity index is 1760. The third-order valence-corrected chi connectivity index (χ3v) is 22.8. The molecular formula is C33H26Cl2F6SiZr. The summed E-state index contributed by atoms with van der Waals surface area (Å²) >= 11 is -4.36. The summed E-state index contributed by atoms with van der Waals surface area (Å²) in [6.07, 6.45) is -6.51. The van der Waals surface area contributed by atoms with Gasteiger partial charge in [-0.15, -0.1) is 0 Å². The van der Waals surface area contributed by atoms with E-state index < -0.39 is 50.9 Å². The van der Waals surface area contributed by atoms with E-state index >= 15 is 0 Å². The fraction of sp³-hybridized carbons (Fsp3) is 0.212. The van der Waals surface area contributed by atoms with E-state index in [4.69, 9.17) is 17.0 Å². The molecule has 43 heavy (non-hydrogen) atoms. The third kappa shape index (κ3) is 5.41. The molecule has 0 saturated heterocycles. The fourth-order valence-electron chi connectivity index (χ4n) is 6.66. The monoisotopic (exact) mass is 724 g/mol. The van der Waals surface area contributed by atoms with Gasteiger partial charge in [-0.05, 0) is 0 Å². The SMILES string of the molecule is CCCC1=Cc2c(ccc(C)c2-c2cc(C(F)(F)F)cc(C(F)(F)F)c2)[CH]1[Zr]([Cl])([Cl])[c]1cccc2c1[SiH2]c1ccccc1-2. The van der Waals surface area contributed by atoms with Gasteiger partial charge in [-0.25, -0.2) is 0 Å². The van der Waals surface area contributed by atoms with Gasteiger partial charge in [0.25, 0.3) is 0 Å². The molecule has 0 saturated carbocycles. The molecule has 0 radical (unpaired) electrons. The molecule has 0 nitrogen and oxygen atoms in total. The minimum absolute atomic E-state index is 0.127. The normalized spacial score (nSPS) is 16.7. The Balaban J connectivity index is 1.54. The van der Waals surface area contributed by atoms with E-state index in [-0.39, 0.29) is 15.3 Å². The molecule has 10 heteroatoms. The van der Waals surface area contributed by atoms with Crippen LogP contribution in [0.1, 0.15) is 51.2 Å². The van der Waals surface area contributed by atoms with Gasteiger partial charge < -0.3 is 0 Å². The molecular weight excluding hydrogens is 701 g/mol. The summed E-state index contributed by atoms with van der Waals surface area (Å²) in [4.78, 5) is 0. The molecule has 4 aromatic carbocycles. The topological polar surface area (TPSA) is 0 Å². The van der Waals surface area contributed by atoms with Crippen molar-refractivity contribution >= 4 is 46.3 Å². The summed E-state index contributed by atoms with van der Waals surface area (Å²) in [5.41, 5.74) is 2.87. The van der Waals surface area contributed by atoms with Gasteiger partial charge in [-0.1, -0.05) is 0 Å². The zero-order valence-corrected chi connectivity index (χ0v) is 28.6. The number of fused-ring (bicyclic) bond motifs is 4.